The molecule has 0 fully saturated rings. The van der Waals surface area contributed by atoms with Gasteiger partial charge in [-0.2, -0.15) is 0 Å². The normalized spacial score (nSPS) is 10.8. The molecule has 0 heterocycles. The number of hydrogen-bond acceptors (Lipinski definition) is 6. The highest BCUT2D eigenvalue weighted by Crippen LogP contribution is 2.23. The van der Waals surface area contributed by atoms with Gasteiger partial charge in [-0.25, -0.2) is 0 Å². The van der Waals surface area contributed by atoms with Gasteiger partial charge in [-0.15, -0.1) is 0 Å². The molecule has 0 aliphatic carbocycles. The summed E-state index contributed by atoms with van der Waals surface area (Å²) in [4.78, 5) is 26.2. The zero-order chi connectivity index (χ0) is 22.1. The molecule has 2 rings (SSSR count). The molecule has 1 N–H and O–H groups in total. The van der Waals surface area contributed by atoms with E-state index in [1.165, 1.54) is 12.7 Å². The van der Waals surface area contributed by atoms with Crippen molar-refractivity contribution in [3.05, 3.63) is 53.6 Å². The molecule has 0 aliphatic heterocycles. The zero-order valence-electron chi connectivity index (χ0n) is 18.2. The van der Waals surface area contributed by atoms with Gasteiger partial charge in [-0.3, -0.25) is 14.5 Å². The van der Waals surface area contributed by atoms with Gasteiger partial charge in [0.25, 0.3) is 0 Å². The Kier molecular flexibility index (Phi) is 8.68. The molecule has 7 nitrogen and oxygen atoms in total. The van der Waals surface area contributed by atoms with E-state index >= 15 is 0 Å². The van der Waals surface area contributed by atoms with E-state index in [1.807, 2.05) is 36.4 Å². The lowest BCUT2D eigenvalue weighted by Crippen LogP contribution is -2.37. The number of rotatable bonds is 10. The van der Waals surface area contributed by atoms with Crippen LogP contribution in [-0.2, 0) is 20.9 Å². The summed E-state index contributed by atoms with van der Waals surface area (Å²) in [5.74, 6) is 1.06. The molecule has 0 aliphatic rings. The summed E-state index contributed by atoms with van der Waals surface area (Å²) in [5.41, 5.74) is 2.77. The number of carbonyl (C=O) groups excluding carboxylic acids is 2. The molecule has 0 saturated carbocycles. The summed E-state index contributed by atoms with van der Waals surface area (Å²) < 4.78 is 15.4. The van der Waals surface area contributed by atoms with Gasteiger partial charge in [0.2, 0.25) is 5.91 Å². The second-order valence-corrected chi connectivity index (χ2v) is 7.27. The average Bonchev–Trinajstić information content (AvgIpc) is 2.73. The van der Waals surface area contributed by atoms with Gasteiger partial charge in [0, 0.05) is 18.3 Å². The van der Waals surface area contributed by atoms with Crippen molar-refractivity contribution in [3.8, 4) is 11.5 Å². The number of amides is 1. The van der Waals surface area contributed by atoms with Gasteiger partial charge in [0.15, 0.2) is 0 Å². The molecular weight excluding hydrogens is 384 g/mol. The number of nitrogens with zero attached hydrogens (tertiary/aromatic N) is 1. The maximum absolute atomic E-state index is 12.6. The van der Waals surface area contributed by atoms with Crippen LogP contribution in [0.5, 0.6) is 11.5 Å². The second kappa shape index (κ2) is 11.2. The van der Waals surface area contributed by atoms with Crippen molar-refractivity contribution < 1.29 is 23.8 Å². The first-order chi connectivity index (χ1) is 14.3. The molecule has 1 amide bonds. The summed E-state index contributed by atoms with van der Waals surface area (Å²) in [6.07, 6.45) is 0. The summed E-state index contributed by atoms with van der Waals surface area (Å²) >= 11 is 0. The third-order valence-corrected chi connectivity index (χ3v) is 4.63. The largest absolute Gasteiger partial charge is 0.497 e. The molecule has 0 bridgehead atoms. The molecule has 2 aromatic rings. The van der Waals surface area contributed by atoms with Gasteiger partial charge >= 0.3 is 5.97 Å². The molecule has 0 radical (unpaired) electrons. The van der Waals surface area contributed by atoms with E-state index < -0.39 is 5.97 Å². The molecule has 7 heteroatoms. The Bertz CT molecular complexity index is 827. The number of carbonyl (C=O) groups is 2. The van der Waals surface area contributed by atoms with Gasteiger partial charge < -0.3 is 19.5 Å². The summed E-state index contributed by atoms with van der Waals surface area (Å²) in [6.45, 7) is 4.59. The number of anilines is 1. The summed E-state index contributed by atoms with van der Waals surface area (Å²) in [6, 6.07) is 13.2. The lowest BCUT2D eigenvalue weighted by atomic mass is 10.0. The number of esters is 1. The Morgan fingerprint density at radius 3 is 2.03 bits per heavy atom. The molecule has 0 spiro atoms. The topological polar surface area (TPSA) is 77.1 Å². The molecule has 162 valence electrons. The lowest BCUT2D eigenvalue weighted by molar-refractivity contribution is -0.142. The highest BCUT2D eigenvalue weighted by molar-refractivity contribution is 5.92. The third-order valence-electron chi connectivity index (χ3n) is 4.63. The van der Waals surface area contributed by atoms with Crippen molar-refractivity contribution in [2.45, 2.75) is 26.3 Å². The maximum Gasteiger partial charge on any atom is 0.319 e. The van der Waals surface area contributed by atoms with Crippen LogP contribution in [0.4, 0.5) is 5.69 Å². The van der Waals surface area contributed by atoms with Crippen LogP contribution in [-0.4, -0.2) is 51.2 Å². The number of nitrogens with one attached hydrogen (secondary N) is 1. The molecule has 30 heavy (non-hydrogen) atoms. The quantitative estimate of drug-likeness (QED) is 0.600. The third kappa shape index (κ3) is 7.08. The van der Waals surface area contributed by atoms with Crippen LogP contribution >= 0.6 is 0 Å². The molecule has 2 aromatic carbocycles. The van der Waals surface area contributed by atoms with Gasteiger partial charge in [0.1, 0.15) is 11.5 Å². The highest BCUT2D eigenvalue weighted by Gasteiger charge is 2.17. The predicted octanol–water partition coefficient (Wildman–Crippen LogP) is 3.44. The van der Waals surface area contributed by atoms with E-state index in [-0.39, 0.29) is 19.0 Å². The Labute approximate surface area is 177 Å². The fourth-order valence-electron chi connectivity index (χ4n) is 2.99. The number of hydrogen-bond donors (Lipinski definition) is 1. The number of methoxy groups -OCH3 is 3. The van der Waals surface area contributed by atoms with E-state index in [0.717, 1.165) is 5.56 Å². The second-order valence-electron chi connectivity index (χ2n) is 7.27. The van der Waals surface area contributed by atoms with E-state index in [1.54, 1.807) is 25.2 Å². The van der Waals surface area contributed by atoms with E-state index in [4.69, 9.17) is 14.2 Å². The van der Waals surface area contributed by atoms with Crippen molar-refractivity contribution >= 4 is 17.6 Å². The first-order valence-corrected chi connectivity index (χ1v) is 9.75. The Morgan fingerprint density at radius 1 is 0.933 bits per heavy atom. The molecule has 0 aromatic heterocycles. The van der Waals surface area contributed by atoms with Crippen LogP contribution in [0.15, 0.2) is 42.5 Å². The minimum absolute atomic E-state index is 0.0181. The highest BCUT2D eigenvalue weighted by atomic mass is 16.5. The van der Waals surface area contributed by atoms with E-state index in [2.05, 4.69) is 19.2 Å². The van der Waals surface area contributed by atoms with Crippen LogP contribution < -0.4 is 14.8 Å². The minimum atomic E-state index is -0.418. The van der Waals surface area contributed by atoms with E-state index in [0.29, 0.717) is 29.6 Å². The summed E-state index contributed by atoms with van der Waals surface area (Å²) in [7, 11) is 4.47. The van der Waals surface area contributed by atoms with Crippen molar-refractivity contribution in [2.75, 3.05) is 39.7 Å². The van der Waals surface area contributed by atoms with Crippen molar-refractivity contribution in [3.63, 3.8) is 0 Å². The van der Waals surface area contributed by atoms with Crippen molar-refractivity contribution in [1.82, 2.24) is 4.90 Å². The Morgan fingerprint density at radius 2 is 1.53 bits per heavy atom. The van der Waals surface area contributed by atoms with Crippen molar-refractivity contribution in [2.24, 2.45) is 0 Å². The molecular formula is C23H30N2O5. The van der Waals surface area contributed by atoms with Crippen LogP contribution in [0.1, 0.15) is 30.9 Å². The minimum Gasteiger partial charge on any atom is -0.497 e. The fourth-order valence-corrected chi connectivity index (χ4v) is 2.99. The van der Waals surface area contributed by atoms with Crippen LogP contribution in [0.3, 0.4) is 0 Å². The molecule has 0 atom stereocenters. The van der Waals surface area contributed by atoms with Crippen LogP contribution in [0, 0.1) is 0 Å². The van der Waals surface area contributed by atoms with Gasteiger partial charge in [0.05, 0.1) is 34.4 Å². The fraction of sp³-hybridized carbons (Fsp3) is 0.391. The smallest absolute Gasteiger partial charge is 0.319 e. The maximum atomic E-state index is 12.6. The van der Waals surface area contributed by atoms with Crippen molar-refractivity contribution in [1.29, 1.82) is 0 Å². The standard InChI is InChI=1S/C23H30N2O5/c1-16(2)18-6-8-19(9-7-18)24-22(26)14-25(15-23(27)30-5)13-17-10-20(28-3)12-21(11-17)29-4/h6-12,16H,13-15H2,1-5H3,(H,24,26). The van der Waals surface area contributed by atoms with E-state index in [9.17, 15) is 9.59 Å². The van der Waals surface area contributed by atoms with Crippen LogP contribution in [0.25, 0.3) is 0 Å². The average molecular weight is 415 g/mol. The lowest BCUT2D eigenvalue weighted by Gasteiger charge is -2.21. The first-order valence-electron chi connectivity index (χ1n) is 9.75. The number of benzene rings is 2. The first kappa shape index (κ1) is 23.2. The number of ether oxygens (including phenoxy) is 3. The summed E-state index contributed by atoms with van der Waals surface area (Å²) in [5, 5.41) is 2.88. The van der Waals surface area contributed by atoms with Gasteiger partial charge in [-0.05, 0) is 41.3 Å². The van der Waals surface area contributed by atoms with Gasteiger partial charge in [-0.1, -0.05) is 26.0 Å². The zero-order valence-corrected chi connectivity index (χ0v) is 18.2. The SMILES string of the molecule is COC(=O)CN(CC(=O)Nc1ccc(C(C)C)cc1)Cc1cc(OC)cc(OC)c1. The monoisotopic (exact) mass is 414 g/mol. The molecule has 0 unspecified atom stereocenters. The van der Waals surface area contributed by atoms with Crippen LogP contribution in [0.2, 0.25) is 0 Å². The predicted molar refractivity (Wildman–Crippen MR) is 116 cm³/mol. The Hall–Kier alpha value is -3.06. The Balaban J connectivity index is 2.10. The molecule has 0 saturated heterocycles.